The average Bonchev–Trinajstić information content (AvgIpc) is 2.50. The Hall–Kier alpha value is -2.47. The monoisotopic (exact) mass is 304 g/mol. The van der Waals surface area contributed by atoms with Gasteiger partial charge in [0.1, 0.15) is 12.4 Å². The molecule has 0 aliphatic heterocycles. The molecule has 0 spiro atoms. The van der Waals surface area contributed by atoms with Crippen molar-refractivity contribution < 1.29 is 14.3 Å². The van der Waals surface area contributed by atoms with Crippen molar-refractivity contribution in [2.45, 2.75) is 19.6 Å². The van der Waals surface area contributed by atoms with Gasteiger partial charge in [-0.05, 0) is 19.1 Å². The fourth-order valence-electron chi connectivity index (χ4n) is 2.06. The summed E-state index contributed by atoms with van der Waals surface area (Å²) < 4.78 is 14.8. The summed E-state index contributed by atoms with van der Waals surface area (Å²) in [6.45, 7) is 1.39. The van der Waals surface area contributed by atoms with E-state index < -0.39 is 17.8 Å². The van der Waals surface area contributed by atoms with E-state index in [1.807, 2.05) is 0 Å². The number of aliphatic hydroxyl groups is 1. The van der Waals surface area contributed by atoms with Gasteiger partial charge in [-0.15, -0.1) is 0 Å². The fraction of sp³-hybridized carbons (Fsp3) is 0.250. The zero-order chi connectivity index (χ0) is 16.1. The van der Waals surface area contributed by atoms with Gasteiger partial charge >= 0.3 is 0 Å². The smallest absolute Gasteiger partial charge is 0.253 e. The molecule has 0 aliphatic carbocycles. The Morgan fingerprint density at radius 2 is 2.05 bits per heavy atom. The Labute approximate surface area is 127 Å². The molecule has 1 aromatic heterocycles. The van der Waals surface area contributed by atoms with E-state index in [-0.39, 0.29) is 24.2 Å². The van der Waals surface area contributed by atoms with E-state index in [0.717, 1.165) is 0 Å². The number of aromatic nitrogens is 1. The number of amides is 1. The number of pyridine rings is 1. The number of nitrogens with one attached hydrogen (secondary N) is 1. The number of halogens is 1. The van der Waals surface area contributed by atoms with Gasteiger partial charge in [0.15, 0.2) is 0 Å². The number of rotatable bonds is 5. The van der Waals surface area contributed by atoms with E-state index in [4.69, 9.17) is 0 Å². The number of carbonyl (C=O) groups is 1. The van der Waals surface area contributed by atoms with E-state index in [2.05, 4.69) is 5.32 Å². The summed E-state index contributed by atoms with van der Waals surface area (Å²) in [6.07, 6.45) is 0.377. The van der Waals surface area contributed by atoms with Crippen LogP contribution in [0.15, 0.2) is 47.4 Å². The number of aliphatic hydroxyl groups excluding tert-OH is 1. The molecule has 6 heteroatoms. The number of benzene rings is 1. The van der Waals surface area contributed by atoms with Gasteiger partial charge in [0.2, 0.25) is 5.91 Å². The highest BCUT2D eigenvalue weighted by Crippen LogP contribution is 2.15. The van der Waals surface area contributed by atoms with E-state index in [1.165, 1.54) is 29.0 Å². The van der Waals surface area contributed by atoms with Crippen LogP contribution < -0.4 is 10.9 Å². The molecular weight excluding hydrogens is 287 g/mol. The van der Waals surface area contributed by atoms with Crippen LogP contribution in [0.1, 0.15) is 17.2 Å². The Kier molecular flexibility index (Phi) is 5.06. The lowest BCUT2D eigenvalue weighted by Crippen LogP contribution is -2.35. The van der Waals surface area contributed by atoms with Crippen LogP contribution in [0.2, 0.25) is 0 Å². The molecule has 116 valence electrons. The third kappa shape index (κ3) is 3.79. The highest BCUT2D eigenvalue weighted by atomic mass is 19.1. The first-order valence-corrected chi connectivity index (χ1v) is 6.84. The van der Waals surface area contributed by atoms with Crippen LogP contribution in [0.3, 0.4) is 0 Å². The Morgan fingerprint density at radius 1 is 1.32 bits per heavy atom. The van der Waals surface area contributed by atoms with E-state index in [0.29, 0.717) is 5.56 Å². The van der Waals surface area contributed by atoms with E-state index in [1.54, 1.807) is 25.1 Å². The SMILES string of the molecule is Cc1cccn(CC(=O)NCC(O)c2ccccc2F)c1=O. The largest absolute Gasteiger partial charge is 0.386 e. The van der Waals surface area contributed by atoms with Gasteiger partial charge < -0.3 is 15.0 Å². The number of carbonyl (C=O) groups excluding carboxylic acids is 1. The van der Waals surface area contributed by atoms with Crippen molar-refractivity contribution in [3.8, 4) is 0 Å². The van der Waals surface area contributed by atoms with Crippen LogP contribution in [0.5, 0.6) is 0 Å². The summed E-state index contributed by atoms with van der Waals surface area (Å²) in [4.78, 5) is 23.6. The van der Waals surface area contributed by atoms with Crippen LogP contribution in [0.4, 0.5) is 4.39 Å². The van der Waals surface area contributed by atoms with Crippen molar-refractivity contribution >= 4 is 5.91 Å². The minimum Gasteiger partial charge on any atom is -0.386 e. The average molecular weight is 304 g/mol. The quantitative estimate of drug-likeness (QED) is 0.870. The molecule has 1 aromatic carbocycles. The Bertz CT molecular complexity index is 727. The van der Waals surface area contributed by atoms with Crippen molar-refractivity contribution in [1.82, 2.24) is 9.88 Å². The minimum atomic E-state index is -1.14. The van der Waals surface area contributed by atoms with Gasteiger partial charge in [0.05, 0.1) is 6.10 Å². The second-order valence-corrected chi connectivity index (χ2v) is 4.97. The number of hydrogen-bond acceptors (Lipinski definition) is 3. The van der Waals surface area contributed by atoms with Crippen molar-refractivity contribution in [2.75, 3.05) is 6.54 Å². The highest BCUT2D eigenvalue weighted by Gasteiger charge is 2.13. The summed E-state index contributed by atoms with van der Waals surface area (Å²) >= 11 is 0. The molecule has 0 bridgehead atoms. The summed E-state index contributed by atoms with van der Waals surface area (Å²) in [5.41, 5.74) is 0.421. The summed E-state index contributed by atoms with van der Waals surface area (Å²) in [5.74, 6) is -0.956. The van der Waals surface area contributed by atoms with Gasteiger partial charge in [-0.25, -0.2) is 4.39 Å². The first kappa shape index (κ1) is 15.9. The van der Waals surface area contributed by atoms with Crippen molar-refractivity contribution in [2.24, 2.45) is 0 Å². The minimum absolute atomic E-state index is 0.121. The lowest BCUT2D eigenvalue weighted by molar-refractivity contribution is -0.122. The lowest BCUT2D eigenvalue weighted by atomic mass is 10.1. The van der Waals surface area contributed by atoms with Gasteiger partial charge in [0, 0.05) is 23.9 Å². The molecule has 1 atom stereocenters. The molecule has 0 saturated heterocycles. The molecule has 1 amide bonds. The standard InChI is InChI=1S/C16H17FN2O3/c1-11-5-4-8-19(16(11)22)10-15(21)18-9-14(20)12-6-2-3-7-13(12)17/h2-8,14,20H,9-10H2,1H3,(H,18,21). The van der Waals surface area contributed by atoms with Crippen LogP contribution >= 0.6 is 0 Å². The van der Waals surface area contributed by atoms with Crippen molar-refractivity contribution in [3.05, 3.63) is 69.9 Å². The fourth-order valence-corrected chi connectivity index (χ4v) is 2.06. The maximum Gasteiger partial charge on any atom is 0.253 e. The first-order chi connectivity index (χ1) is 10.5. The summed E-state index contributed by atoms with van der Waals surface area (Å²) in [5, 5.41) is 12.4. The number of aryl methyl sites for hydroxylation is 1. The van der Waals surface area contributed by atoms with Crippen molar-refractivity contribution in [3.63, 3.8) is 0 Å². The van der Waals surface area contributed by atoms with Crippen LogP contribution in [0.25, 0.3) is 0 Å². The molecule has 22 heavy (non-hydrogen) atoms. The van der Waals surface area contributed by atoms with Crippen LogP contribution in [0, 0.1) is 12.7 Å². The topological polar surface area (TPSA) is 71.3 Å². The number of nitrogens with zero attached hydrogens (tertiary/aromatic N) is 1. The van der Waals surface area contributed by atoms with Crippen molar-refractivity contribution in [1.29, 1.82) is 0 Å². The Balaban J connectivity index is 1.94. The molecule has 0 aliphatic rings. The molecule has 1 unspecified atom stereocenters. The van der Waals surface area contributed by atoms with Crippen LogP contribution in [-0.2, 0) is 11.3 Å². The molecule has 0 saturated carbocycles. The Morgan fingerprint density at radius 3 is 2.77 bits per heavy atom. The van der Waals surface area contributed by atoms with E-state index >= 15 is 0 Å². The zero-order valence-corrected chi connectivity index (χ0v) is 12.1. The predicted molar refractivity (Wildman–Crippen MR) is 79.8 cm³/mol. The second kappa shape index (κ2) is 7.00. The molecule has 0 radical (unpaired) electrons. The first-order valence-electron chi connectivity index (χ1n) is 6.84. The maximum atomic E-state index is 13.5. The summed E-state index contributed by atoms with van der Waals surface area (Å²) in [7, 11) is 0. The summed E-state index contributed by atoms with van der Waals surface area (Å²) in [6, 6.07) is 9.17. The second-order valence-electron chi connectivity index (χ2n) is 4.97. The molecule has 2 rings (SSSR count). The highest BCUT2D eigenvalue weighted by molar-refractivity contribution is 5.75. The van der Waals surface area contributed by atoms with E-state index in [9.17, 15) is 19.1 Å². The number of hydrogen-bond donors (Lipinski definition) is 2. The molecule has 5 nitrogen and oxygen atoms in total. The van der Waals surface area contributed by atoms with Gasteiger partial charge in [0.25, 0.3) is 5.56 Å². The normalized spacial score (nSPS) is 12.0. The van der Waals surface area contributed by atoms with Crippen LogP contribution in [-0.4, -0.2) is 22.1 Å². The zero-order valence-electron chi connectivity index (χ0n) is 12.1. The maximum absolute atomic E-state index is 13.5. The third-order valence-corrected chi connectivity index (χ3v) is 3.28. The molecule has 0 fully saturated rings. The predicted octanol–water partition coefficient (Wildman–Crippen LogP) is 1.15. The molecular formula is C16H17FN2O3. The molecule has 2 aromatic rings. The molecule has 2 N–H and O–H groups in total. The van der Waals surface area contributed by atoms with Gasteiger partial charge in [-0.3, -0.25) is 9.59 Å². The van der Waals surface area contributed by atoms with Gasteiger partial charge in [-0.2, -0.15) is 0 Å². The molecule has 1 heterocycles. The third-order valence-electron chi connectivity index (χ3n) is 3.28. The van der Waals surface area contributed by atoms with Gasteiger partial charge in [-0.1, -0.05) is 24.3 Å². The lowest BCUT2D eigenvalue weighted by Gasteiger charge is -2.13.